The van der Waals surface area contributed by atoms with Gasteiger partial charge in [0.2, 0.25) is 5.82 Å². The number of esters is 1. The molecule has 1 aliphatic rings. The zero-order chi connectivity index (χ0) is 25.8. The first-order valence-corrected chi connectivity index (χ1v) is 12.1. The van der Waals surface area contributed by atoms with Crippen molar-refractivity contribution in [1.82, 2.24) is 0 Å². The molecule has 1 aliphatic carbocycles. The fourth-order valence-corrected chi connectivity index (χ4v) is 4.59. The van der Waals surface area contributed by atoms with Crippen LogP contribution in [0.4, 0.5) is 17.6 Å². The summed E-state index contributed by atoms with van der Waals surface area (Å²) >= 11 is 0. The van der Waals surface area contributed by atoms with E-state index in [1.165, 1.54) is 30.3 Å². The minimum atomic E-state index is -1.29. The Labute approximate surface area is 208 Å². The van der Waals surface area contributed by atoms with Gasteiger partial charge in [0, 0.05) is 17.7 Å². The summed E-state index contributed by atoms with van der Waals surface area (Å²) in [6.07, 6.45) is 3.68. The number of carbonyl (C=O) groups is 1. The lowest BCUT2D eigenvalue weighted by Gasteiger charge is -2.27. The second-order valence-corrected chi connectivity index (χ2v) is 9.24. The Morgan fingerprint density at radius 3 is 2.19 bits per heavy atom. The Kier molecular flexibility index (Phi) is 8.09. The molecular weight excluding hydrogens is 472 g/mol. The molecule has 3 aromatic carbocycles. The first kappa shape index (κ1) is 25.9. The molecule has 0 amide bonds. The molecule has 0 aliphatic heterocycles. The van der Waals surface area contributed by atoms with Crippen molar-refractivity contribution in [3.8, 4) is 16.9 Å². The highest BCUT2D eigenvalue weighted by molar-refractivity contribution is 5.91. The third kappa shape index (κ3) is 5.46. The highest BCUT2D eigenvalue weighted by atomic mass is 19.2. The van der Waals surface area contributed by atoms with Gasteiger partial charge in [0.05, 0.1) is 12.2 Å². The maximum Gasteiger partial charge on any atom is 0.343 e. The van der Waals surface area contributed by atoms with Gasteiger partial charge in [0.1, 0.15) is 0 Å². The minimum Gasteiger partial charge on any atom is -0.420 e. The number of rotatable bonds is 7. The van der Waals surface area contributed by atoms with Crippen molar-refractivity contribution in [3.05, 3.63) is 88.5 Å². The van der Waals surface area contributed by atoms with E-state index in [0.717, 1.165) is 31.7 Å². The predicted octanol–water partition coefficient (Wildman–Crippen LogP) is 7.96. The predicted molar refractivity (Wildman–Crippen MR) is 129 cm³/mol. The molecule has 0 spiro atoms. The second kappa shape index (κ2) is 11.2. The van der Waals surface area contributed by atoms with Crippen molar-refractivity contribution >= 4 is 5.97 Å². The number of halogens is 4. The Bertz CT molecular complexity index is 1230. The molecule has 1 fully saturated rings. The van der Waals surface area contributed by atoms with Gasteiger partial charge in [-0.05, 0) is 67.0 Å². The Morgan fingerprint density at radius 1 is 0.833 bits per heavy atom. The number of hydrogen-bond acceptors (Lipinski definition) is 3. The molecule has 0 saturated heterocycles. The first-order chi connectivity index (χ1) is 17.3. The van der Waals surface area contributed by atoms with E-state index in [4.69, 9.17) is 9.47 Å². The zero-order valence-corrected chi connectivity index (χ0v) is 20.3. The van der Waals surface area contributed by atoms with Crippen LogP contribution in [0.25, 0.3) is 11.1 Å². The number of ether oxygens (including phenoxy) is 2. The van der Waals surface area contributed by atoms with Gasteiger partial charge >= 0.3 is 5.97 Å². The molecule has 0 unspecified atom stereocenters. The van der Waals surface area contributed by atoms with E-state index in [0.29, 0.717) is 23.7 Å². The maximum atomic E-state index is 15.0. The monoisotopic (exact) mass is 500 g/mol. The Hall–Kier alpha value is -3.19. The third-order valence-corrected chi connectivity index (χ3v) is 6.79. The highest BCUT2D eigenvalue weighted by Crippen LogP contribution is 2.38. The molecule has 36 heavy (non-hydrogen) atoms. The summed E-state index contributed by atoms with van der Waals surface area (Å²) in [6, 6.07) is 11.3. The lowest BCUT2D eigenvalue weighted by Crippen LogP contribution is -2.13. The van der Waals surface area contributed by atoms with Crippen LogP contribution in [-0.4, -0.2) is 12.6 Å². The molecular formula is C29H28F4O3. The molecule has 1 saturated carbocycles. The summed E-state index contributed by atoms with van der Waals surface area (Å²) < 4.78 is 68.5. The maximum absolute atomic E-state index is 15.0. The molecule has 7 heteroatoms. The summed E-state index contributed by atoms with van der Waals surface area (Å²) in [5, 5.41) is 0. The summed E-state index contributed by atoms with van der Waals surface area (Å²) in [4.78, 5) is 12.5. The topological polar surface area (TPSA) is 35.5 Å². The molecule has 3 aromatic rings. The van der Waals surface area contributed by atoms with Crippen molar-refractivity contribution in [2.24, 2.45) is 5.92 Å². The van der Waals surface area contributed by atoms with Crippen LogP contribution in [-0.2, 0) is 11.3 Å². The Balaban J connectivity index is 1.49. The third-order valence-electron chi connectivity index (χ3n) is 6.79. The minimum absolute atomic E-state index is 0.0109. The van der Waals surface area contributed by atoms with Crippen LogP contribution in [0.1, 0.15) is 66.9 Å². The molecule has 0 radical (unpaired) electrons. The van der Waals surface area contributed by atoms with E-state index in [2.05, 4.69) is 6.92 Å². The highest BCUT2D eigenvalue weighted by Gasteiger charge is 2.25. The van der Waals surface area contributed by atoms with Gasteiger partial charge in [-0.2, -0.15) is 4.39 Å². The molecule has 0 aromatic heterocycles. The van der Waals surface area contributed by atoms with Gasteiger partial charge in [0.25, 0.3) is 0 Å². The molecule has 0 N–H and O–H groups in total. The lowest BCUT2D eigenvalue weighted by molar-refractivity contribution is 0.0726. The van der Waals surface area contributed by atoms with Crippen LogP contribution < -0.4 is 4.74 Å². The van der Waals surface area contributed by atoms with Gasteiger partial charge in [0.15, 0.2) is 23.2 Å². The van der Waals surface area contributed by atoms with Crippen LogP contribution in [0.15, 0.2) is 48.5 Å². The van der Waals surface area contributed by atoms with Crippen molar-refractivity contribution in [2.45, 2.75) is 52.1 Å². The summed E-state index contributed by atoms with van der Waals surface area (Å²) in [5.74, 6) is -5.04. The largest absolute Gasteiger partial charge is 0.420 e. The molecule has 0 heterocycles. The van der Waals surface area contributed by atoms with Crippen LogP contribution in [0.2, 0.25) is 0 Å². The van der Waals surface area contributed by atoms with Gasteiger partial charge in [-0.25, -0.2) is 18.0 Å². The smallest absolute Gasteiger partial charge is 0.343 e. The summed E-state index contributed by atoms with van der Waals surface area (Å²) in [6.45, 7) is 4.14. The fourth-order valence-electron chi connectivity index (χ4n) is 4.59. The average molecular weight is 501 g/mol. The Morgan fingerprint density at radius 2 is 1.53 bits per heavy atom. The van der Waals surface area contributed by atoms with E-state index in [1.54, 1.807) is 19.1 Å². The van der Waals surface area contributed by atoms with Crippen molar-refractivity contribution in [2.75, 3.05) is 6.61 Å². The van der Waals surface area contributed by atoms with Crippen molar-refractivity contribution in [1.29, 1.82) is 0 Å². The first-order valence-electron chi connectivity index (χ1n) is 12.1. The fraction of sp³-hybridized carbons (Fsp3) is 0.345. The lowest BCUT2D eigenvalue weighted by atomic mass is 9.79. The molecule has 190 valence electrons. The van der Waals surface area contributed by atoms with Gasteiger partial charge in [-0.1, -0.05) is 44.0 Å². The van der Waals surface area contributed by atoms with E-state index in [9.17, 15) is 22.4 Å². The van der Waals surface area contributed by atoms with Crippen molar-refractivity contribution in [3.63, 3.8) is 0 Å². The standard InChI is InChI=1S/C29H28F4O3/c1-3-35-16-21-12-15-24(28(33)25(21)30)36-29(34)20-10-8-19(9-11-20)23-14-13-22(26(31)27(23)32)18-6-4-17(2)5-7-18/h8-15,17-18H,3-7,16H2,1-2H3. The van der Waals surface area contributed by atoms with Gasteiger partial charge in [-0.3, -0.25) is 0 Å². The number of hydrogen-bond donors (Lipinski definition) is 0. The van der Waals surface area contributed by atoms with Crippen LogP contribution in [0.5, 0.6) is 5.75 Å². The van der Waals surface area contributed by atoms with Gasteiger partial charge in [-0.15, -0.1) is 0 Å². The van der Waals surface area contributed by atoms with Crippen LogP contribution in [0, 0.1) is 29.2 Å². The van der Waals surface area contributed by atoms with E-state index in [-0.39, 0.29) is 29.2 Å². The summed E-state index contributed by atoms with van der Waals surface area (Å²) in [7, 11) is 0. The normalized spacial score (nSPS) is 17.7. The number of carbonyl (C=O) groups excluding carboxylic acids is 1. The molecule has 0 bridgehead atoms. The summed E-state index contributed by atoms with van der Waals surface area (Å²) in [5.41, 5.74) is 0.926. The van der Waals surface area contributed by atoms with Crippen molar-refractivity contribution < 1.29 is 31.8 Å². The number of benzene rings is 3. The van der Waals surface area contributed by atoms with Crippen LogP contribution in [0.3, 0.4) is 0 Å². The quantitative estimate of drug-likeness (QED) is 0.188. The van der Waals surface area contributed by atoms with E-state index in [1.807, 2.05) is 0 Å². The van der Waals surface area contributed by atoms with Gasteiger partial charge < -0.3 is 9.47 Å². The van der Waals surface area contributed by atoms with E-state index < -0.39 is 35.0 Å². The SMILES string of the molecule is CCOCc1ccc(OC(=O)c2ccc(-c3ccc(C4CCC(C)CC4)c(F)c3F)cc2)c(F)c1F. The second-order valence-electron chi connectivity index (χ2n) is 9.24. The molecule has 0 atom stereocenters. The zero-order valence-electron chi connectivity index (χ0n) is 20.3. The van der Waals surface area contributed by atoms with E-state index >= 15 is 0 Å². The van der Waals surface area contributed by atoms with Crippen LogP contribution >= 0.6 is 0 Å². The average Bonchev–Trinajstić information content (AvgIpc) is 2.89. The molecule has 4 rings (SSSR count). The molecule has 3 nitrogen and oxygen atoms in total.